The minimum Gasteiger partial charge on any atom is -0.481 e. The molecule has 0 spiro atoms. The Hall–Kier alpha value is -1.88. The van der Waals surface area contributed by atoms with Crippen LogP contribution in [-0.4, -0.2) is 30.6 Å². The highest BCUT2D eigenvalue weighted by atomic mass is 16.5. The molecule has 3 atom stereocenters. The monoisotopic (exact) mass is 263 g/mol. The van der Waals surface area contributed by atoms with Crippen LogP contribution in [0, 0.1) is 11.8 Å². The second-order valence-corrected chi connectivity index (χ2v) is 4.67. The molecule has 0 aromatic heterocycles. The van der Waals surface area contributed by atoms with Crippen LogP contribution in [0.4, 0.5) is 0 Å². The smallest absolute Gasteiger partial charge is 0.307 e. The summed E-state index contributed by atoms with van der Waals surface area (Å²) in [5.41, 5.74) is 0.982. The van der Waals surface area contributed by atoms with Crippen LogP contribution in [-0.2, 0) is 14.3 Å². The number of aliphatic carboxylic acids is 1. The minimum atomic E-state index is -0.897. The first kappa shape index (κ1) is 13.5. The molecule has 0 aliphatic heterocycles. The Kier molecular flexibility index (Phi) is 4.16. The number of rotatable bonds is 6. The lowest BCUT2D eigenvalue weighted by molar-refractivity contribution is -0.140. The van der Waals surface area contributed by atoms with Gasteiger partial charge in [0.1, 0.15) is 0 Å². The lowest BCUT2D eigenvalue weighted by atomic mass is 10.1. The van der Waals surface area contributed by atoms with E-state index in [1.54, 1.807) is 7.11 Å². The van der Waals surface area contributed by atoms with E-state index in [2.05, 4.69) is 5.32 Å². The van der Waals surface area contributed by atoms with Gasteiger partial charge in [-0.2, -0.15) is 0 Å². The minimum absolute atomic E-state index is 0.203. The van der Waals surface area contributed by atoms with Gasteiger partial charge in [-0.1, -0.05) is 30.3 Å². The molecule has 1 aromatic rings. The third-order valence-electron chi connectivity index (χ3n) is 3.36. The summed E-state index contributed by atoms with van der Waals surface area (Å²) in [6.45, 7) is 0.349. The topological polar surface area (TPSA) is 75.6 Å². The molecule has 0 radical (unpaired) electrons. The van der Waals surface area contributed by atoms with Crippen LogP contribution >= 0.6 is 0 Å². The Bertz CT molecular complexity index is 460. The summed E-state index contributed by atoms with van der Waals surface area (Å²) < 4.78 is 5.33. The van der Waals surface area contributed by atoms with Crippen LogP contribution < -0.4 is 5.32 Å². The second-order valence-electron chi connectivity index (χ2n) is 4.67. The number of hydrogen-bond acceptors (Lipinski definition) is 3. The lowest BCUT2D eigenvalue weighted by Gasteiger charge is -2.16. The van der Waals surface area contributed by atoms with Crippen molar-refractivity contribution in [1.82, 2.24) is 5.32 Å². The molecule has 1 amide bonds. The van der Waals surface area contributed by atoms with Crippen molar-refractivity contribution in [2.24, 2.45) is 11.8 Å². The van der Waals surface area contributed by atoms with Crippen molar-refractivity contribution < 1.29 is 19.4 Å². The summed E-state index contributed by atoms with van der Waals surface area (Å²) in [5.74, 6) is -2.00. The van der Waals surface area contributed by atoms with Crippen LogP contribution in [0.25, 0.3) is 0 Å². The number of hydrogen-bond donors (Lipinski definition) is 2. The molecular formula is C14H17NO4. The molecule has 0 heterocycles. The molecule has 1 aromatic carbocycles. The summed E-state index contributed by atoms with van der Waals surface area (Å²) in [6.07, 6.45) is 0.219. The van der Waals surface area contributed by atoms with Crippen LogP contribution in [0.5, 0.6) is 0 Å². The van der Waals surface area contributed by atoms with Gasteiger partial charge in [0, 0.05) is 13.7 Å². The fourth-order valence-corrected chi connectivity index (χ4v) is 2.09. The fourth-order valence-electron chi connectivity index (χ4n) is 2.09. The zero-order valence-electron chi connectivity index (χ0n) is 10.7. The van der Waals surface area contributed by atoms with E-state index in [1.165, 1.54) is 0 Å². The van der Waals surface area contributed by atoms with Gasteiger partial charge in [-0.3, -0.25) is 9.59 Å². The van der Waals surface area contributed by atoms with E-state index < -0.39 is 11.9 Å². The van der Waals surface area contributed by atoms with Crippen molar-refractivity contribution in [3.63, 3.8) is 0 Å². The van der Waals surface area contributed by atoms with Gasteiger partial charge < -0.3 is 15.2 Å². The van der Waals surface area contributed by atoms with Crippen LogP contribution in [0.1, 0.15) is 18.1 Å². The van der Waals surface area contributed by atoms with E-state index in [0.717, 1.165) is 5.56 Å². The number of carbonyl (C=O) groups excluding carboxylic acids is 1. The maximum absolute atomic E-state index is 11.7. The Morgan fingerprint density at radius 1 is 1.37 bits per heavy atom. The molecule has 5 nitrogen and oxygen atoms in total. The van der Waals surface area contributed by atoms with Crippen molar-refractivity contribution >= 4 is 11.9 Å². The summed E-state index contributed by atoms with van der Waals surface area (Å²) in [5, 5.41) is 11.5. The molecule has 102 valence electrons. The van der Waals surface area contributed by atoms with Gasteiger partial charge in [-0.15, -0.1) is 0 Å². The second kappa shape index (κ2) is 5.84. The molecule has 5 heteroatoms. The average molecular weight is 263 g/mol. The van der Waals surface area contributed by atoms with Gasteiger partial charge in [0.2, 0.25) is 5.91 Å². The first-order valence-corrected chi connectivity index (χ1v) is 6.21. The first-order chi connectivity index (χ1) is 9.13. The molecule has 0 saturated heterocycles. The molecule has 1 saturated carbocycles. The van der Waals surface area contributed by atoms with E-state index in [4.69, 9.17) is 9.84 Å². The number of methoxy groups -OCH3 is 1. The highest BCUT2D eigenvalue weighted by Gasteiger charge is 2.48. The number of amides is 1. The summed E-state index contributed by atoms with van der Waals surface area (Å²) in [6, 6.07) is 9.58. The Morgan fingerprint density at radius 3 is 2.58 bits per heavy atom. The summed E-state index contributed by atoms with van der Waals surface area (Å²) in [4.78, 5) is 22.4. The van der Waals surface area contributed by atoms with Crippen LogP contribution in [0.3, 0.4) is 0 Å². The normalized spacial score (nSPS) is 22.6. The van der Waals surface area contributed by atoms with Gasteiger partial charge in [0.25, 0.3) is 0 Å². The SMILES string of the molecule is CO[C@H](CNC(=O)[C@@H]1C[C@@H]1C(=O)O)c1ccccc1. The number of carboxylic acid groups (broad SMARTS) is 1. The van der Waals surface area contributed by atoms with E-state index in [1.807, 2.05) is 30.3 Å². The van der Waals surface area contributed by atoms with Gasteiger partial charge in [0.15, 0.2) is 0 Å². The molecule has 1 fully saturated rings. The van der Waals surface area contributed by atoms with Gasteiger partial charge in [0.05, 0.1) is 17.9 Å². The van der Waals surface area contributed by atoms with Gasteiger partial charge in [-0.25, -0.2) is 0 Å². The third kappa shape index (κ3) is 3.32. The van der Waals surface area contributed by atoms with E-state index in [9.17, 15) is 9.59 Å². The highest BCUT2D eigenvalue weighted by Crippen LogP contribution is 2.38. The molecular weight excluding hydrogens is 246 g/mol. The van der Waals surface area contributed by atoms with Crippen molar-refractivity contribution in [2.45, 2.75) is 12.5 Å². The molecule has 0 unspecified atom stereocenters. The Labute approximate surface area is 111 Å². The molecule has 2 rings (SSSR count). The van der Waals surface area contributed by atoms with Gasteiger partial charge in [-0.05, 0) is 12.0 Å². The average Bonchev–Trinajstić information content (AvgIpc) is 3.21. The van der Waals surface area contributed by atoms with E-state index >= 15 is 0 Å². The standard InChI is InChI=1S/C14H17NO4/c1-19-12(9-5-3-2-4-6-9)8-15-13(16)10-7-11(10)14(17)18/h2-6,10-12H,7-8H2,1H3,(H,15,16)(H,17,18)/t10-,11+,12-/m1/s1. The predicted molar refractivity (Wildman–Crippen MR) is 68.4 cm³/mol. The van der Waals surface area contributed by atoms with Crippen molar-refractivity contribution in [3.05, 3.63) is 35.9 Å². The first-order valence-electron chi connectivity index (χ1n) is 6.21. The number of carboxylic acids is 1. The highest BCUT2D eigenvalue weighted by molar-refractivity contribution is 5.89. The molecule has 2 N–H and O–H groups in total. The number of nitrogens with one attached hydrogen (secondary N) is 1. The van der Waals surface area contributed by atoms with Gasteiger partial charge >= 0.3 is 5.97 Å². The van der Waals surface area contributed by atoms with Crippen molar-refractivity contribution in [2.75, 3.05) is 13.7 Å². The maximum atomic E-state index is 11.7. The Balaban J connectivity index is 1.84. The number of benzene rings is 1. The lowest BCUT2D eigenvalue weighted by Crippen LogP contribution is -2.31. The Morgan fingerprint density at radius 2 is 2.05 bits per heavy atom. The van der Waals surface area contributed by atoms with E-state index in [-0.39, 0.29) is 17.9 Å². The predicted octanol–water partition coefficient (Wildman–Crippen LogP) is 1.21. The van der Waals surface area contributed by atoms with Crippen molar-refractivity contribution in [1.29, 1.82) is 0 Å². The van der Waals surface area contributed by atoms with Crippen molar-refractivity contribution in [3.8, 4) is 0 Å². The largest absolute Gasteiger partial charge is 0.481 e. The maximum Gasteiger partial charge on any atom is 0.307 e. The molecule has 19 heavy (non-hydrogen) atoms. The molecule has 1 aliphatic rings. The van der Waals surface area contributed by atoms with Crippen LogP contribution in [0.2, 0.25) is 0 Å². The summed E-state index contributed by atoms with van der Waals surface area (Å²) in [7, 11) is 1.58. The quantitative estimate of drug-likeness (QED) is 0.809. The number of ether oxygens (including phenoxy) is 1. The van der Waals surface area contributed by atoms with Crippen LogP contribution in [0.15, 0.2) is 30.3 Å². The molecule has 1 aliphatic carbocycles. The zero-order valence-corrected chi connectivity index (χ0v) is 10.7. The number of carbonyl (C=O) groups is 2. The van der Waals surface area contributed by atoms with E-state index in [0.29, 0.717) is 13.0 Å². The fraction of sp³-hybridized carbons (Fsp3) is 0.429. The zero-order chi connectivity index (χ0) is 13.8. The third-order valence-corrected chi connectivity index (χ3v) is 3.36. The molecule has 0 bridgehead atoms. The summed E-state index contributed by atoms with van der Waals surface area (Å²) >= 11 is 0.